The van der Waals surface area contributed by atoms with Crippen LogP contribution >= 0.6 is 0 Å². The predicted octanol–water partition coefficient (Wildman–Crippen LogP) is 2.69. The van der Waals surface area contributed by atoms with E-state index in [1.54, 1.807) is 0 Å². The molecule has 0 aliphatic carbocycles. The average molecular weight is 364 g/mol. The van der Waals surface area contributed by atoms with Crippen LogP contribution in [0.3, 0.4) is 0 Å². The fraction of sp³-hybridized carbons (Fsp3) is 0.278. The summed E-state index contributed by atoms with van der Waals surface area (Å²) in [6.07, 6.45) is 0. The van der Waals surface area contributed by atoms with E-state index in [0.29, 0.717) is 23.6 Å². The Morgan fingerprint density at radius 1 is 1.04 bits per heavy atom. The maximum Gasteiger partial charge on any atom is 0.251 e. The summed E-state index contributed by atoms with van der Waals surface area (Å²) in [5, 5.41) is 2.77. The minimum absolute atomic E-state index is 0.0548. The molecule has 0 aliphatic heterocycles. The van der Waals surface area contributed by atoms with Crippen molar-refractivity contribution in [1.29, 1.82) is 0 Å². The summed E-state index contributed by atoms with van der Waals surface area (Å²) in [4.78, 5) is 12.0. The van der Waals surface area contributed by atoms with E-state index in [2.05, 4.69) is 10.0 Å². The van der Waals surface area contributed by atoms with Gasteiger partial charge in [0, 0.05) is 18.7 Å². The average Bonchev–Trinajstić information content (AvgIpc) is 2.59. The Balaban J connectivity index is 2.01. The Morgan fingerprint density at radius 3 is 2.20 bits per heavy atom. The van der Waals surface area contributed by atoms with Gasteiger partial charge in [0.25, 0.3) is 5.91 Å². The molecule has 0 saturated heterocycles. The molecule has 0 aliphatic rings. The van der Waals surface area contributed by atoms with Crippen molar-refractivity contribution >= 4 is 15.9 Å². The third-order valence-corrected chi connectivity index (χ3v) is 4.89. The van der Waals surface area contributed by atoms with Gasteiger partial charge in [-0.05, 0) is 47.9 Å². The maximum atomic E-state index is 12.9. The molecule has 2 N–H and O–H groups in total. The Bertz CT molecular complexity index is 816. The highest BCUT2D eigenvalue weighted by molar-refractivity contribution is 7.89. The smallest absolute Gasteiger partial charge is 0.251 e. The first-order valence-electron chi connectivity index (χ1n) is 7.90. The molecule has 2 rings (SSSR count). The number of carbonyl (C=O) groups is 1. The lowest BCUT2D eigenvalue weighted by atomic mass is 10.2. The largest absolute Gasteiger partial charge is 0.352 e. The van der Waals surface area contributed by atoms with E-state index in [4.69, 9.17) is 0 Å². The summed E-state index contributed by atoms with van der Waals surface area (Å²) in [7, 11) is -3.71. The van der Waals surface area contributed by atoms with Crippen molar-refractivity contribution in [3.05, 3.63) is 65.5 Å². The topological polar surface area (TPSA) is 75.3 Å². The molecule has 0 bridgehead atoms. The molecule has 1 amide bonds. The molecule has 5 nitrogen and oxygen atoms in total. The van der Waals surface area contributed by atoms with E-state index < -0.39 is 10.0 Å². The highest BCUT2D eigenvalue weighted by Crippen LogP contribution is 2.12. The van der Waals surface area contributed by atoms with Crippen molar-refractivity contribution in [3.8, 4) is 0 Å². The number of halogens is 1. The van der Waals surface area contributed by atoms with Crippen LogP contribution in [0.1, 0.15) is 29.8 Å². The van der Waals surface area contributed by atoms with Crippen molar-refractivity contribution < 1.29 is 17.6 Å². The van der Waals surface area contributed by atoms with Gasteiger partial charge in [-0.1, -0.05) is 26.0 Å². The van der Waals surface area contributed by atoms with Gasteiger partial charge in [0.1, 0.15) is 5.82 Å². The van der Waals surface area contributed by atoms with Crippen molar-refractivity contribution in [3.63, 3.8) is 0 Å². The van der Waals surface area contributed by atoms with Crippen molar-refractivity contribution in [1.82, 2.24) is 10.0 Å². The van der Waals surface area contributed by atoms with Gasteiger partial charge < -0.3 is 5.32 Å². The zero-order chi connectivity index (χ0) is 18.4. The van der Waals surface area contributed by atoms with Gasteiger partial charge in [0.15, 0.2) is 0 Å². The van der Waals surface area contributed by atoms with Crippen molar-refractivity contribution in [2.24, 2.45) is 5.92 Å². The first kappa shape index (κ1) is 19.1. The van der Waals surface area contributed by atoms with Gasteiger partial charge in [-0.15, -0.1) is 0 Å². The standard InChI is InChI=1S/C18H21FN2O3S/c1-13(2)11-20-18(22)15-5-9-17(10-6-15)25(23,24)21-12-14-3-7-16(19)8-4-14/h3-10,13,21H,11-12H2,1-2H3,(H,20,22). The predicted molar refractivity (Wildman–Crippen MR) is 94.0 cm³/mol. The Kier molecular flexibility index (Phi) is 6.27. The molecule has 0 atom stereocenters. The Morgan fingerprint density at radius 2 is 1.64 bits per heavy atom. The summed E-state index contributed by atoms with van der Waals surface area (Å²) in [6.45, 7) is 4.59. The van der Waals surface area contributed by atoms with Gasteiger partial charge in [0.2, 0.25) is 10.0 Å². The van der Waals surface area contributed by atoms with E-state index in [9.17, 15) is 17.6 Å². The SMILES string of the molecule is CC(C)CNC(=O)c1ccc(S(=O)(=O)NCc2ccc(F)cc2)cc1. The molecule has 2 aromatic rings. The first-order valence-corrected chi connectivity index (χ1v) is 9.38. The molecule has 134 valence electrons. The summed E-state index contributed by atoms with van der Waals surface area (Å²) in [5.41, 5.74) is 1.05. The fourth-order valence-electron chi connectivity index (χ4n) is 2.05. The van der Waals surface area contributed by atoms with Crippen LogP contribution in [0.15, 0.2) is 53.4 Å². The number of carbonyl (C=O) groups excluding carboxylic acids is 1. The second kappa shape index (κ2) is 8.22. The molecule has 0 spiro atoms. The number of benzene rings is 2. The fourth-order valence-corrected chi connectivity index (χ4v) is 3.07. The van der Waals surface area contributed by atoms with Gasteiger partial charge >= 0.3 is 0 Å². The Labute approximate surface area is 147 Å². The zero-order valence-electron chi connectivity index (χ0n) is 14.1. The molecule has 7 heteroatoms. The van der Waals surface area contributed by atoms with Crippen LogP contribution in [-0.4, -0.2) is 20.9 Å². The maximum absolute atomic E-state index is 12.9. The minimum Gasteiger partial charge on any atom is -0.352 e. The van der Waals surface area contributed by atoms with E-state index in [-0.39, 0.29) is 23.2 Å². The number of sulfonamides is 1. The summed E-state index contributed by atoms with van der Waals surface area (Å²) >= 11 is 0. The molecule has 0 heterocycles. The van der Waals surface area contributed by atoms with Crippen LogP contribution in [0.5, 0.6) is 0 Å². The summed E-state index contributed by atoms with van der Waals surface area (Å²) < 4.78 is 39.9. The van der Waals surface area contributed by atoms with Crippen LogP contribution in [0.4, 0.5) is 4.39 Å². The highest BCUT2D eigenvalue weighted by atomic mass is 32.2. The molecule has 0 saturated carbocycles. The van der Waals surface area contributed by atoms with Crippen LogP contribution in [0.25, 0.3) is 0 Å². The number of nitrogens with one attached hydrogen (secondary N) is 2. The second-order valence-electron chi connectivity index (χ2n) is 6.08. The third-order valence-electron chi connectivity index (χ3n) is 3.48. The van der Waals surface area contributed by atoms with Crippen LogP contribution in [-0.2, 0) is 16.6 Å². The molecule has 0 radical (unpaired) electrons. The monoisotopic (exact) mass is 364 g/mol. The lowest BCUT2D eigenvalue weighted by Crippen LogP contribution is -2.27. The van der Waals surface area contributed by atoms with E-state index in [1.807, 2.05) is 13.8 Å². The second-order valence-corrected chi connectivity index (χ2v) is 7.85. The van der Waals surface area contributed by atoms with Crippen LogP contribution < -0.4 is 10.0 Å². The molecule has 2 aromatic carbocycles. The number of rotatable bonds is 7. The molecule has 0 fully saturated rings. The van der Waals surface area contributed by atoms with E-state index in [0.717, 1.165) is 0 Å². The normalized spacial score (nSPS) is 11.5. The van der Waals surface area contributed by atoms with Crippen LogP contribution in [0.2, 0.25) is 0 Å². The quantitative estimate of drug-likeness (QED) is 0.793. The molecule has 0 unspecified atom stereocenters. The molecular formula is C18H21FN2O3S. The van der Waals surface area contributed by atoms with Crippen LogP contribution in [0, 0.1) is 11.7 Å². The number of hydrogen-bond acceptors (Lipinski definition) is 3. The van der Waals surface area contributed by atoms with Crippen molar-refractivity contribution in [2.75, 3.05) is 6.54 Å². The van der Waals surface area contributed by atoms with Gasteiger partial charge in [0.05, 0.1) is 4.90 Å². The molecule has 0 aromatic heterocycles. The van der Waals surface area contributed by atoms with E-state index >= 15 is 0 Å². The van der Waals surface area contributed by atoms with Gasteiger partial charge in [-0.2, -0.15) is 0 Å². The van der Waals surface area contributed by atoms with Crippen molar-refractivity contribution in [2.45, 2.75) is 25.3 Å². The zero-order valence-corrected chi connectivity index (χ0v) is 14.9. The lowest BCUT2D eigenvalue weighted by molar-refractivity contribution is 0.0949. The molecule has 25 heavy (non-hydrogen) atoms. The van der Waals surface area contributed by atoms with Gasteiger partial charge in [-0.25, -0.2) is 17.5 Å². The third kappa shape index (κ3) is 5.65. The number of hydrogen-bond donors (Lipinski definition) is 2. The lowest BCUT2D eigenvalue weighted by Gasteiger charge is -2.09. The summed E-state index contributed by atoms with van der Waals surface area (Å²) in [6, 6.07) is 11.3. The highest BCUT2D eigenvalue weighted by Gasteiger charge is 2.15. The number of amides is 1. The first-order chi connectivity index (χ1) is 11.8. The molecular weight excluding hydrogens is 343 g/mol. The summed E-state index contributed by atoms with van der Waals surface area (Å²) in [5.74, 6) is -0.283. The van der Waals surface area contributed by atoms with E-state index in [1.165, 1.54) is 48.5 Å². The minimum atomic E-state index is -3.71. The van der Waals surface area contributed by atoms with Gasteiger partial charge in [-0.3, -0.25) is 4.79 Å². The Hall–Kier alpha value is -2.25.